The van der Waals surface area contributed by atoms with E-state index in [1.54, 1.807) is 0 Å². The molecule has 1 aromatic rings. The van der Waals surface area contributed by atoms with Gasteiger partial charge in [-0.15, -0.1) is 0 Å². The van der Waals surface area contributed by atoms with Gasteiger partial charge in [-0.2, -0.15) is 0 Å². The van der Waals surface area contributed by atoms with E-state index < -0.39 is 0 Å². The van der Waals surface area contributed by atoms with E-state index in [1.165, 1.54) is 11.3 Å². The molecule has 3 nitrogen and oxygen atoms in total. The molecule has 1 aliphatic rings. The van der Waals surface area contributed by atoms with Crippen LogP contribution >= 0.6 is 0 Å². The quantitative estimate of drug-likeness (QED) is 0.866. The highest BCUT2D eigenvalue weighted by Crippen LogP contribution is 2.29. The van der Waals surface area contributed by atoms with E-state index in [4.69, 9.17) is 0 Å². The SMILES string of the molecule is Cc1ccc(N2CC(CO)N(C)CC2(C)C)cc1. The molecule has 0 bridgehead atoms. The summed E-state index contributed by atoms with van der Waals surface area (Å²) in [4.78, 5) is 4.66. The average molecular weight is 248 g/mol. The Morgan fingerprint density at radius 2 is 1.89 bits per heavy atom. The number of aliphatic hydroxyl groups is 1. The van der Waals surface area contributed by atoms with Crippen molar-refractivity contribution in [1.29, 1.82) is 0 Å². The molecule has 18 heavy (non-hydrogen) atoms. The maximum Gasteiger partial charge on any atom is 0.0604 e. The van der Waals surface area contributed by atoms with Gasteiger partial charge in [0.2, 0.25) is 0 Å². The Morgan fingerprint density at radius 3 is 2.44 bits per heavy atom. The second-order valence-electron chi connectivity index (χ2n) is 6.01. The number of piperazine rings is 1. The molecular weight excluding hydrogens is 224 g/mol. The fourth-order valence-electron chi connectivity index (χ4n) is 2.80. The maximum atomic E-state index is 9.47. The van der Waals surface area contributed by atoms with Gasteiger partial charge in [0.15, 0.2) is 0 Å². The third-order valence-electron chi connectivity index (χ3n) is 3.94. The van der Waals surface area contributed by atoms with Crippen molar-refractivity contribution in [2.75, 3.05) is 31.6 Å². The van der Waals surface area contributed by atoms with Crippen LogP contribution in [0.5, 0.6) is 0 Å². The summed E-state index contributed by atoms with van der Waals surface area (Å²) < 4.78 is 0. The number of aliphatic hydroxyl groups excluding tert-OH is 1. The van der Waals surface area contributed by atoms with Crippen molar-refractivity contribution in [2.45, 2.75) is 32.4 Å². The number of likely N-dealkylation sites (N-methyl/N-ethyl adjacent to an activating group) is 1. The molecule has 1 aliphatic heterocycles. The summed E-state index contributed by atoms with van der Waals surface area (Å²) in [6.45, 7) is 8.69. The Hall–Kier alpha value is -1.06. The van der Waals surface area contributed by atoms with Crippen molar-refractivity contribution >= 4 is 5.69 Å². The van der Waals surface area contributed by atoms with E-state index in [0.717, 1.165) is 13.1 Å². The highest BCUT2D eigenvalue weighted by Gasteiger charge is 2.36. The normalized spacial score (nSPS) is 24.3. The zero-order chi connectivity index (χ0) is 13.3. The van der Waals surface area contributed by atoms with E-state index in [9.17, 15) is 5.11 Å². The zero-order valence-electron chi connectivity index (χ0n) is 11.8. The van der Waals surface area contributed by atoms with Gasteiger partial charge in [0.1, 0.15) is 0 Å². The van der Waals surface area contributed by atoms with Gasteiger partial charge in [-0.1, -0.05) is 17.7 Å². The van der Waals surface area contributed by atoms with Gasteiger partial charge in [0.25, 0.3) is 0 Å². The van der Waals surface area contributed by atoms with Crippen LogP contribution < -0.4 is 4.90 Å². The molecule has 1 unspecified atom stereocenters. The molecule has 0 spiro atoms. The monoisotopic (exact) mass is 248 g/mol. The molecule has 1 atom stereocenters. The number of rotatable bonds is 2. The van der Waals surface area contributed by atoms with Crippen molar-refractivity contribution in [3.05, 3.63) is 29.8 Å². The van der Waals surface area contributed by atoms with Crippen LogP contribution in [-0.4, -0.2) is 48.3 Å². The molecule has 1 heterocycles. The fraction of sp³-hybridized carbons (Fsp3) is 0.600. The molecule has 1 N–H and O–H groups in total. The van der Waals surface area contributed by atoms with Crippen LogP contribution in [0.2, 0.25) is 0 Å². The lowest BCUT2D eigenvalue weighted by Crippen LogP contribution is -2.63. The standard InChI is InChI=1S/C15H24N2O/c1-12-5-7-13(8-6-12)17-9-14(10-18)16(4)11-15(17,2)3/h5-8,14,18H,9-11H2,1-4H3. The lowest BCUT2D eigenvalue weighted by Gasteiger charge is -2.51. The predicted molar refractivity (Wildman–Crippen MR) is 76.1 cm³/mol. The summed E-state index contributed by atoms with van der Waals surface area (Å²) in [5.41, 5.74) is 2.62. The van der Waals surface area contributed by atoms with Crippen LogP contribution in [0.4, 0.5) is 5.69 Å². The second-order valence-corrected chi connectivity index (χ2v) is 6.01. The molecule has 0 saturated carbocycles. The van der Waals surface area contributed by atoms with Gasteiger partial charge >= 0.3 is 0 Å². The number of anilines is 1. The first-order valence-electron chi connectivity index (χ1n) is 6.59. The van der Waals surface area contributed by atoms with Crippen molar-refractivity contribution in [1.82, 2.24) is 4.90 Å². The molecule has 1 aromatic carbocycles. The summed E-state index contributed by atoms with van der Waals surface area (Å²) >= 11 is 0. The lowest BCUT2D eigenvalue weighted by atomic mass is 9.95. The van der Waals surface area contributed by atoms with Crippen LogP contribution in [0.25, 0.3) is 0 Å². The zero-order valence-corrected chi connectivity index (χ0v) is 11.8. The first kappa shape index (κ1) is 13.4. The minimum atomic E-state index is 0.0929. The molecule has 2 rings (SSSR count). The molecule has 0 aliphatic carbocycles. The Bertz CT molecular complexity index is 399. The predicted octanol–water partition coefficient (Wildman–Crippen LogP) is 1.89. The fourth-order valence-corrected chi connectivity index (χ4v) is 2.80. The maximum absolute atomic E-state index is 9.47. The van der Waals surface area contributed by atoms with Crippen molar-refractivity contribution in [3.63, 3.8) is 0 Å². The summed E-state index contributed by atoms with van der Waals surface area (Å²) in [7, 11) is 2.09. The smallest absolute Gasteiger partial charge is 0.0604 e. The highest BCUT2D eigenvalue weighted by molar-refractivity contribution is 5.50. The van der Waals surface area contributed by atoms with E-state index in [0.29, 0.717) is 0 Å². The minimum Gasteiger partial charge on any atom is -0.395 e. The van der Waals surface area contributed by atoms with E-state index in [1.807, 2.05) is 0 Å². The number of benzene rings is 1. The van der Waals surface area contributed by atoms with Crippen LogP contribution in [0.3, 0.4) is 0 Å². The van der Waals surface area contributed by atoms with Crippen LogP contribution in [0, 0.1) is 6.92 Å². The summed E-state index contributed by atoms with van der Waals surface area (Å²) in [5.74, 6) is 0. The third kappa shape index (κ3) is 2.52. The first-order valence-corrected chi connectivity index (χ1v) is 6.59. The van der Waals surface area contributed by atoms with Gasteiger partial charge in [0.05, 0.1) is 12.6 Å². The molecule has 0 amide bonds. The molecular formula is C15H24N2O. The number of nitrogens with zero attached hydrogens (tertiary/aromatic N) is 2. The topological polar surface area (TPSA) is 26.7 Å². The Kier molecular flexibility index (Phi) is 3.64. The van der Waals surface area contributed by atoms with Crippen LogP contribution in [0.15, 0.2) is 24.3 Å². The number of aryl methyl sites for hydroxylation is 1. The molecule has 0 radical (unpaired) electrons. The molecule has 1 saturated heterocycles. The van der Waals surface area contributed by atoms with E-state index in [-0.39, 0.29) is 18.2 Å². The molecule has 1 fully saturated rings. The van der Waals surface area contributed by atoms with Gasteiger partial charge in [-0.05, 0) is 40.0 Å². The van der Waals surface area contributed by atoms with Gasteiger partial charge < -0.3 is 10.0 Å². The minimum absolute atomic E-state index is 0.0929. The second kappa shape index (κ2) is 4.90. The van der Waals surface area contributed by atoms with E-state index in [2.05, 4.69) is 61.9 Å². The Morgan fingerprint density at radius 1 is 1.28 bits per heavy atom. The number of hydrogen-bond donors (Lipinski definition) is 1. The highest BCUT2D eigenvalue weighted by atomic mass is 16.3. The summed E-state index contributed by atoms with van der Waals surface area (Å²) in [5, 5.41) is 9.47. The van der Waals surface area contributed by atoms with Crippen molar-refractivity contribution in [3.8, 4) is 0 Å². The average Bonchev–Trinajstić information content (AvgIpc) is 2.30. The van der Waals surface area contributed by atoms with Gasteiger partial charge in [-0.3, -0.25) is 4.90 Å². The number of hydrogen-bond acceptors (Lipinski definition) is 3. The summed E-state index contributed by atoms with van der Waals surface area (Å²) in [6.07, 6.45) is 0. The van der Waals surface area contributed by atoms with E-state index >= 15 is 0 Å². The lowest BCUT2D eigenvalue weighted by molar-refractivity contribution is 0.0980. The van der Waals surface area contributed by atoms with Gasteiger partial charge in [0, 0.05) is 24.3 Å². The Labute approximate surface area is 110 Å². The molecule has 0 aromatic heterocycles. The first-order chi connectivity index (χ1) is 8.44. The third-order valence-corrected chi connectivity index (χ3v) is 3.94. The Balaban J connectivity index is 2.26. The largest absolute Gasteiger partial charge is 0.395 e. The van der Waals surface area contributed by atoms with Crippen molar-refractivity contribution < 1.29 is 5.11 Å². The molecule has 100 valence electrons. The van der Waals surface area contributed by atoms with Crippen LogP contribution in [-0.2, 0) is 0 Å². The van der Waals surface area contributed by atoms with Gasteiger partial charge in [-0.25, -0.2) is 0 Å². The van der Waals surface area contributed by atoms with Crippen LogP contribution in [0.1, 0.15) is 19.4 Å². The summed E-state index contributed by atoms with van der Waals surface area (Å²) in [6, 6.07) is 8.88. The molecule has 3 heteroatoms. The van der Waals surface area contributed by atoms with Crippen molar-refractivity contribution in [2.24, 2.45) is 0 Å².